The molecule has 20 heavy (non-hydrogen) atoms. The van der Waals surface area contributed by atoms with Gasteiger partial charge in [0, 0.05) is 6.42 Å². The lowest BCUT2D eigenvalue weighted by Gasteiger charge is -2.08. The number of rotatable bonds is 8. The molecule has 0 saturated carbocycles. The first kappa shape index (κ1) is 16.0. The van der Waals surface area contributed by atoms with E-state index in [1.807, 2.05) is 13.0 Å². The Morgan fingerprint density at radius 1 is 1.30 bits per heavy atom. The number of carbonyl (C=O) groups is 1. The van der Waals surface area contributed by atoms with Crippen LogP contribution in [-0.4, -0.2) is 17.5 Å². The SMILES string of the molecule is CCCCOc1cc(C=CC=CC(=O)CC)ccc1O. The van der Waals surface area contributed by atoms with Crippen LogP contribution in [0.3, 0.4) is 0 Å². The summed E-state index contributed by atoms with van der Waals surface area (Å²) in [7, 11) is 0. The van der Waals surface area contributed by atoms with Gasteiger partial charge in [-0.1, -0.05) is 44.6 Å². The van der Waals surface area contributed by atoms with Gasteiger partial charge in [0.25, 0.3) is 0 Å². The van der Waals surface area contributed by atoms with Crippen molar-refractivity contribution in [3.05, 3.63) is 42.0 Å². The first-order valence-corrected chi connectivity index (χ1v) is 7.00. The third kappa shape index (κ3) is 5.74. The summed E-state index contributed by atoms with van der Waals surface area (Å²) in [6.07, 6.45) is 9.46. The first-order chi connectivity index (χ1) is 9.67. The standard InChI is InChI=1S/C17H22O3/c1-3-5-12-20-17-13-14(10-11-16(17)19)8-6-7-9-15(18)4-2/h6-11,13,19H,3-5,12H2,1-2H3. The molecular weight excluding hydrogens is 252 g/mol. The number of benzene rings is 1. The molecule has 0 heterocycles. The first-order valence-electron chi connectivity index (χ1n) is 7.00. The Labute approximate surface area is 120 Å². The Bertz CT molecular complexity index is 487. The van der Waals surface area contributed by atoms with Crippen molar-refractivity contribution in [2.45, 2.75) is 33.1 Å². The minimum Gasteiger partial charge on any atom is -0.504 e. The lowest BCUT2D eigenvalue weighted by molar-refractivity contribution is -0.114. The van der Waals surface area contributed by atoms with Gasteiger partial charge in [-0.2, -0.15) is 0 Å². The Balaban J connectivity index is 2.66. The maximum atomic E-state index is 11.1. The normalized spacial score (nSPS) is 11.3. The smallest absolute Gasteiger partial charge is 0.161 e. The van der Waals surface area contributed by atoms with E-state index in [1.54, 1.807) is 36.4 Å². The summed E-state index contributed by atoms with van der Waals surface area (Å²) in [6, 6.07) is 5.20. The predicted molar refractivity (Wildman–Crippen MR) is 82.0 cm³/mol. The van der Waals surface area contributed by atoms with Crippen LogP contribution in [0.15, 0.2) is 36.4 Å². The Morgan fingerprint density at radius 2 is 2.10 bits per heavy atom. The quantitative estimate of drug-likeness (QED) is 0.440. The summed E-state index contributed by atoms with van der Waals surface area (Å²) in [5, 5.41) is 9.70. The molecule has 0 amide bonds. The molecule has 3 heteroatoms. The van der Waals surface area contributed by atoms with Gasteiger partial charge in [0.1, 0.15) is 0 Å². The van der Waals surface area contributed by atoms with E-state index in [0.29, 0.717) is 18.8 Å². The number of phenolic OH excluding ortho intramolecular Hbond substituents is 1. The molecule has 0 saturated heterocycles. The van der Waals surface area contributed by atoms with E-state index >= 15 is 0 Å². The largest absolute Gasteiger partial charge is 0.504 e. The highest BCUT2D eigenvalue weighted by Crippen LogP contribution is 2.27. The predicted octanol–water partition coefficient (Wildman–Crippen LogP) is 4.12. The van der Waals surface area contributed by atoms with Crippen LogP contribution in [0.4, 0.5) is 0 Å². The molecule has 0 unspecified atom stereocenters. The van der Waals surface area contributed by atoms with Crippen LogP contribution in [-0.2, 0) is 4.79 Å². The van der Waals surface area contributed by atoms with Gasteiger partial charge in [0.05, 0.1) is 6.61 Å². The number of allylic oxidation sites excluding steroid dienone is 3. The number of hydrogen-bond donors (Lipinski definition) is 1. The average Bonchev–Trinajstić information content (AvgIpc) is 2.46. The maximum Gasteiger partial charge on any atom is 0.161 e. The van der Waals surface area contributed by atoms with Crippen molar-refractivity contribution in [1.82, 2.24) is 0 Å². The van der Waals surface area contributed by atoms with Crippen molar-refractivity contribution in [1.29, 1.82) is 0 Å². The number of phenols is 1. The van der Waals surface area contributed by atoms with Crippen LogP contribution in [0.25, 0.3) is 6.08 Å². The van der Waals surface area contributed by atoms with E-state index < -0.39 is 0 Å². The van der Waals surface area contributed by atoms with Crippen LogP contribution in [0.1, 0.15) is 38.7 Å². The third-order valence-corrected chi connectivity index (χ3v) is 2.77. The zero-order chi connectivity index (χ0) is 14.8. The molecule has 0 fully saturated rings. The molecule has 0 bridgehead atoms. The van der Waals surface area contributed by atoms with Crippen molar-refractivity contribution >= 4 is 11.9 Å². The zero-order valence-corrected chi connectivity index (χ0v) is 12.1. The molecule has 1 aromatic rings. The molecule has 0 aliphatic rings. The Hall–Kier alpha value is -2.03. The minimum atomic E-state index is 0.101. The molecule has 0 aliphatic carbocycles. The van der Waals surface area contributed by atoms with Crippen molar-refractivity contribution in [2.75, 3.05) is 6.61 Å². The fourth-order valence-electron chi connectivity index (χ4n) is 1.52. The molecule has 0 radical (unpaired) electrons. The summed E-state index contributed by atoms with van der Waals surface area (Å²) in [6.45, 7) is 4.52. The number of aromatic hydroxyl groups is 1. The van der Waals surface area contributed by atoms with E-state index in [-0.39, 0.29) is 11.5 Å². The lowest BCUT2D eigenvalue weighted by atomic mass is 10.2. The third-order valence-electron chi connectivity index (χ3n) is 2.77. The fourth-order valence-corrected chi connectivity index (χ4v) is 1.52. The molecule has 3 nitrogen and oxygen atoms in total. The summed E-state index contributed by atoms with van der Waals surface area (Å²) in [5.74, 6) is 0.744. The van der Waals surface area contributed by atoms with Crippen molar-refractivity contribution in [3.63, 3.8) is 0 Å². The van der Waals surface area contributed by atoms with Crippen molar-refractivity contribution < 1.29 is 14.6 Å². The molecule has 108 valence electrons. The number of hydrogen-bond acceptors (Lipinski definition) is 3. The molecule has 1 N–H and O–H groups in total. The lowest BCUT2D eigenvalue weighted by Crippen LogP contribution is -1.96. The van der Waals surface area contributed by atoms with Gasteiger partial charge in [-0.05, 0) is 30.2 Å². The van der Waals surface area contributed by atoms with Crippen LogP contribution in [0.2, 0.25) is 0 Å². The minimum absolute atomic E-state index is 0.101. The Morgan fingerprint density at radius 3 is 2.80 bits per heavy atom. The summed E-state index contributed by atoms with van der Waals surface area (Å²) in [4.78, 5) is 11.1. The van der Waals surface area contributed by atoms with Crippen LogP contribution in [0, 0.1) is 0 Å². The average molecular weight is 274 g/mol. The van der Waals surface area contributed by atoms with Gasteiger partial charge in [0.15, 0.2) is 17.3 Å². The number of unbranched alkanes of at least 4 members (excludes halogenated alkanes) is 1. The van der Waals surface area contributed by atoms with Crippen molar-refractivity contribution in [2.24, 2.45) is 0 Å². The zero-order valence-electron chi connectivity index (χ0n) is 12.1. The topological polar surface area (TPSA) is 46.5 Å². The molecule has 0 atom stereocenters. The van der Waals surface area contributed by atoms with Gasteiger partial charge >= 0.3 is 0 Å². The number of ketones is 1. The molecule has 0 aliphatic heterocycles. The monoisotopic (exact) mass is 274 g/mol. The highest BCUT2D eigenvalue weighted by atomic mass is 16.5. The molecule has 1 aromatic carbocycles. The van der Waals surface area contributed by atoms with Gasteiger partial charge < -0.3 is 9.84 Å². The Kier molecular flexibility index (Phi) is 7.18. The summed E-state index contributed by atoms with van der Waals surface area (Å²) < 4.78 is 5.52. The second-order valence-corrected chi connectivity index (χ2v) is 4.47. The van der Waals surface area contributed by atoms with E-state index in [2.05, 4.69) is 6.92 Å². The second kappa shape index (κ2) is 8.97. The van der Waals surface area contributed by atoms with Gasteiger partial charge in [0.2, 0.25) is 0 Å². The van der Waals surface area contributed by atoms with Crippen molar-refractivity contribution in [3.8, 4) is 11.5 Å². The van der Waals surface area contributed by atoms with E-state index in [1.165, 1.54) is 0 Å². The van der Waals surface area contributed by atoms with Gasteiger partial charge in [-0.3, -0.25) is 4.79 Å². The fraction of sp³-hybridized carbons (Fsp3) is 0.353. The molecule has 0 spiro atoms. The van der Waals surface area contributed by atoms with E-state index in [9.17, 15) is 9.90 Å². The van der Waals surface area contributed by atoms with Gasteiger partial charge in [-0.15, -0.1) is 0 Å². The highest BCUT2D eigenvalue weighted by molar-refractivity contribution is 5.89. The highest BCUT2D eigenvalue weighted by Gasteiger charge is 2.02. The number of carbonyl (C=O) groups excluding carboxylic acids is 1. The summed E-state index contributed by atoms with van der Waals surface area (Å²) >= 11 is 0. The molecule has 0 aromatic heterocycles. The molecular formula is C17H22O3. The van der Waals surface area contributed by atoms with E-state index in [4.69, 9.17) is 4.74 Å². The molecule has 1 rings (SSSR count). The van der Waals surface area contributed by atoms with Crippen LogP contribution >= 0.6 is 0 Å². The second-order valence-electron chi connectivity index (χ2n) is 4.47. The van der Waals surface area contributed by atoms with E-state index in [0.717, 1.165) is 18.4 Å². The number of ether oxygens (including phenoxy) is 1. The summed E-state index contributed by atoms with van der Waals surface area (Å²) in [5.41, 5.74) is 0.919. The maximum absolute atomic E-state index is 11.1. The van der Waals surface area contributed by atoms with Crippen LogP contribution in [0.5, 0.6) is 11.5 Å². The van der Waals surface area contributed by atoms with Gasteiger partial charge in [-0.25, -0.2) is 0 Å². The van der Waals surface area contributed by atoms with Crippen LogP contribution < -0.4 is 4.74 Å².